The minimum Gasteiger partial charge on any atom is -0.395 e. The molecule has 0 aromatic rings. The average molecular weight is 205 g/mol. The quantitative estimate of drug-likeness (QED) is 0.589. The van der Waals surface area contributed by atoms with Crippen LogP contribution in [0.4, 0.5) is 0 Å². The summed E-state index contributed by atoms with van der Waals surface area (Å²) in [6.45, 7) is 7.61. The standard InChI is InChI=1S/C10H23NOS/c1-3-5-11(6-7-12)8-10(4-2)9-13/h10,12-13H,3-9H2,1-2H3. The molecule has 1 unspecified atom stereocenters. The molecule has 0 rings (SSSR count). The van der Waals surface area contributed by atoms with Gasteiger partial charge in [0.05, 0.1) is 6.61 Å². The molecule has 0 amide bonds. The molecule has 0 aromatic heterocycles. The molecule has 1 atom stereocenters. The van der Waals surface area contributed by atoms with Gasteiger partial charge in [-0.1, -0.05) is 20.3 Å². The lowest BCUT2D eigenvalue weighted by molar-refractivity contribution is 0.178. The lowest BCUT2D eigenvalue weighted by atomic mass is 10.1. The highest BCUT2D eigenvalue weighted by molar-refractivity contribution is 7.80. The molecule has 0 bridgehead atoms. The molecule has 3 heteroatoms. The number of aliphatic hydroxyl groups is 1. The SMILES string of the molecule is CCCN(CCO)CC(CC)CS. The van der Waals surface area contributed by atoms with Gasteiger partial charge in [0.2, 0.25) is 0 Å². The van der Waals surface area contributed by atoms with Crippen molar-refractivity contribution in [1.82, 2.24) is 4.90 Å². The highest BCUT2D eigenvalue weighted by Gasteiger charge is 2.09. The van der Waals surface area contributed by atoms with E-state index in [0.717, 1.165) is 31.8 Å². The molecule has 80 valence electrons. The fourth-order valence-electron chi connectivity index (χ4n) is 1.43. The lowest BCUT2D eigenvalue weighted by Gasteiger charge is -2.24. The molecule has 0 spiro atoms. The van der Waals surface area contributed by atoms with Crippen LogP contribution in [0.1, 0.15) is 26.7 Å². The largest absolute Gasteiger partial charge is 0.395 e. The van der Waals surface area contributed by atoms with Crippen LogP contribution in [0.5, 0.6) is 0 Å². The van der Waals surface area contributed by atoms with Crippen LogP contribution in [0.15, 0.2) is 0 Å². The number of hydrogen-bond donors (Lipinski definition) is 2. The minimum atomic E-state index is 0.267. The predicted octanol–water partition coefficient (Wildman–Crippen LogP) is 1.65. The van der Waals surface area contributed by atoms with Crippen molar-refractivity contribution >= 4 is 12.6 Å². The van der Waals surface area contributed by atoms with Gasteiger partial charge in [-0.15, -0.1) is 0 Å². The molecular weight excluding hydrogens is 182 g/mol. The fraction of sp³-hybridized carbons (Fsp3) is 1.00. The summed E-state index contributed by atoms with van der Waals surface area (Å²) in [5.41, 5.74) is 0. The van der Waals surface area contributed by atoms with Crippen LogP contribution in [0.3, 0.4) is 0 Å². The van der Waals surface area contributed by atoms with E-state index in [4.69, 9.17) is 5.11 Å². The third-order valence-corrected chi connectivity index (χ3v) is 2.82. The Morgan fingerprint density at radius 1 is 1.31 bits per heavy atom. The number of thiol groups is 1. The zero-order valence-electron chi connectivity index (χ0n) is 8.87. The first-order valence-electron chi connectivity index (χ1n) is 5.22. The lowest BCUT2D eigenvalue weighted by Crippen LogP contribution is -2.33. The number of aliphatic hydroxyl groups excluding tert-OH is 1. The Morgan fingerprint density at radius 2 is 2.00 bits per heavy atom. The molecular formula is C10H23NOS. The van der Waals surface area contributed by atoms with Crippen LogP contribution in [-0.2, 0) is 0 Å². The Balaban J connectivity index is 3.76. The molecule has 0 heterocycles. The van der Waals surface area contributed by atoms with Crippen molar-refractivity contribution in [3.05, 3.63) is 0 Å². The van der Waals surface area contributed by atoms with Crippen molar-refractivity contribution < 1.29 is 5.11 Å². The molecule has 0 radical (unpaired) electrons. The Hall–Kier alpha value is 0.270. The summed E-state index contributed by atoms with van der Waals surface area (Å²) in [6.07, 6.45) is 2.33. The van der Waals surface area contributed by atoms with Crippen molar-refractivity contribution in [3.8, 4) is 0 Å². The second kappa shape index (κ2) is 8.85. The van der Waals surface area contributed by atoms with Crippen LogP contribution in [0.2, 0.25) is 0 Å². The molecule has 2 nitrogen and oxygen atoms in total. The third-order valence-electron chi connectivity index (χ3n) is 2.31. The average Bonchev–Trinajstić information content (AvgIpc) is 2.14. The Labute approximate surface area is 87.7 Å². The first-order valence-corrected chi connectivity index (χ1v) is 5.85. The van der Waals surface area contributed by atoms with Gasteiger partial charge >= 0.3 is 0 Å². The summed E-state index contributed by atoms with van der Waals surface area (Å²) >= 11 is 4.32. The Kier molecular flexibility index (Phi) is 9.03. The van der Waals surface area contributed by atoms with Crippen LogP contribution >= 0.6 is 12.6 Å². The second-order valence-corrected chi connectivity index (χ2v) is 3.85. The summed E-state index contributed by atoms with van der Waals surface area (Å²) in [6, 6.07) is 0. The third kappa shape index (κ3) is 6.36. The van der Waals surface area contributed by atoms with Gasteiger partial charge in [-0.25, -0.2) is 0 Å². The monoisotopic (exact) mass is 205 g/mol. The van der Waals surface area contributed by atoms with E-state index < -0.39 is 0 Å². The van der Waals surface area contributed by atoms with Crippen LogP contribution in [-0.4, -0.2) is 42.0 Å². The first kappa shape index (κ1) is 13.3. The topological polar surface area (TPSA) is 23.5 Å². The van der Waals surface area contributed by atoms with Gasteiger partial charge in [0.1, 0.15) is 0 Å². The van der Waals surface area contributed by atoms with E-state index in [0.29, 0.717) is 5.92 Å². The van der Waals surface area contributed by atoms with E-state index in [-0.39, 0.29) is 6.61 Å². The molecule has 13 heavy (non-hydrogen) atoms. The summed E-state index contributed by atoms with van der Waals surface area (Å²) < 4.78 is 0. The summed E-state index contributed by atoms with van der Waals surface area (Å²) in [4.78, 5) is 2.32. The van der Waals surface area contributed by atoms with Gasteiger partial charge < -0.3 is 10.0 Å². The molecule has 0 aliphatic heterocycles. The van der Waals surface area contributed by atoms with Gasteiger partial charge in [-0.05, 0) is 24.6 Å². The van der Waals surface area contributed by atoms with Crippen molar-refractivity contribution in [2.75, 3.05) is 32.0 Å². The second-order valence-electron chi connectivity index (χ2n) is 3.48. The van der Waals surface area contributed by atoms with E-state index >= 15 is 0 Å². The van der Waals surface area contributed by atoms with Crippen molar-refractivity contribution in [3.63, 3.8) is 0 Å². The zero-order chi connectivity index (χ0) is 10.1. The number of rotatable bonds is 8. The maximum absolute atomic E-state index is 8.86. The smallest absolute Gasteiger partial charge is 0.0558 e. The molecule has 0 saturated carbocycles. The molecule has 0 saturated heterocycles. The van der Waals surface area contributed by atoms with Gasteiger partial charge in [0.15, 0.2) is 0 Å². The highest BCUT2D eigenvalue weighted by atomic mass is 32.1. The van der Waals surface area contributed by atoms with Gasteiger partial charge in [0, 0.05) is 13.1 Å². The maximum Gasteiger partial charge on any atom is 0.0558 e. The predicted molar refractivity (Wildman–Crippen MR) is 61.5 cm³/mol. The summed E-state index contributed by atoms with van der Waals surface area (Å²) in [5.74, 6) is 1.61. The summed E-state index contributed by atoms with van der Waals surface area (Å²) in [5, 5.41) is 8.86. The Morgan fingerprint density at radius 3 is 2.38 bits per heavy atom. The molecule has 0 aromatic carbocycles. The van der Waals surface area contributed by atoms with E-state index in [1.165, 1.54) is 6.42 Å². The van der Waals surface area contributed by atoms with Gasteiger partial charge in [-0.2, -0.15) is 12.6 Å². The normalized spacial score (nSPS) is 13.6. The van der Waals surface area contributed by atoms with Gasteiger partial charge in [0.25, 0.3) is 0 Å². The van der Waals surface area contributed by atoms with Crippen LogP contribution in [0, 0.1) is 5.92 Å². The maximum atomic E-state index is 8.86. The molecule has 1 N–H and O–H groups in total. The van der Waals surface area contributed by atoms with E-state index in [2.05, 4.69) is 31.4 Å². The van der Waals surface area contributed by atoms with Gasteiger partial charge in [-0.3, -0.25) is 0 Å². The zero-order valence-corrected chi connectivity index (χ0v) is 9.76. The van der Waals surface area contributed by atoms with Crippen molar-refractivity contribution in [2.24, 2.45) is 5.92 Å². The van der Waals surface area contributed by atoms with E-state index in [1.54, 1.807) is 0 Å². The Bertz CT molecular complexity index is 101. The molecule has 0 aliphatic rings. The fourth-order valence-corrected chi connectivity index (χ4v) is 1.81. The first-order chi connectivity index (χ1) is 6.28. The van der Waals surface area contributed by atoms with Crippen molar-refractivity contribution in [2.45, 2.75) is 26.7 Å². The minimum absolute atomic E-state index is 0.267. The van der Waals surface area contributed by atoms with E-state index in [1.807, 2.05) is 0 Å². The number of hydrogen-bond acceptors (Lipinski definition) is 3. The highest BCUT2D eigenvalue weighted by Crippen LogP contribution is 2.07. The van der Waals surface area contributed by atoms with E-state index in [9.17, 15) is 0 Å². The molecule has 0 fully saturated rings. The van der Waals surface area contributed by atoms with Crippen molar-refractivity contribution in [1.29, 1.82) is 0 Å². The number of nitrogens with zero attached hydrogens (tertiary/aromatic N) is 1. The van der Waals surface area contributed by atoms with Crippen LogP contribution < -0.4 is 0 Å². The summed E-state index contributed by atoms with van der Waals surface area (Å²) in [7, 11) is 0. The van der Waals surface area contributed by atoms with Crippen LogP contribution in [0.25, 0.3) is 0 Å². The molecule has 0 aliphatic carbocycles.